The molecule has 0 aromatic heterocycles. The van der Waals surface area contributed by atoms with Gasteiger partial charge in [-0.2, -0.15) is 0 Å². The van der Waals surface area contributed by atoms with Crippen LogP contribution in [0.3, 0.4) is 0 Å². The highest BCUT2D eigenvalue weighted by Crippen LogP contribution is 2.53. The summed E-state index contributed by atoms with van der Waals surface area (Å²) in [7, 11) is 3.26. The van der Waals surface area contributed by atoms with Gasteiger partial charge in [0, 0.05) is 23.1 Å². The lowest BCUT2D eigenvalue weighted by Gasteiger charge is -2.47. The average molecular weight is 687 g/mol. The van der Waals surface area contributed by atoms with Gasteiger partial charge in [0.15, 0.2) is 17.3 Å². The van der Waals surface area contributed by atoms with Crippen molar-refractivity contribution in [3.05, 3.63) is 65.0 Å². The van der Waals surface area contributed by atoms with Crippen molar-refractivity contribution >= 4 is 17.4 Å². The molecule has 5 heteroatoms. The Morgan fingerprint density at radius 1 is 1.04 bits per heavy atom. The van der Waals surface area contributed by atoms with Gasteiger partial charge in [0.05, 0.1) is 14.2 Å². The minimum absolute atomic E-state index is 0.00495. The molecule has 1 heterocycles. The molecule has 3 aliphatic rings. The summed E-state index contributed by atoms with van der Waals surface area (Å²) in [6, 6.07) is 10.8. The largest absolute Gasteiger partial charge is 0.493 e. The molecule has 0 saturated heterocycles. The Balaban J connectivity index is 1.18. The molecular formula is C45H63FO4. The molecule has 1 aliphatic heterocycles. The molecule has 2 aromatic rings. The monoisotopic (exact) mass is 686 g/mol. The van der Waals surface area contributed by atoms with Crippen molar-refractivity contribution in [1.29, 1.82) is 0 Å². The summed E-state index contributed by atoms with van der Waals surface area (Å²) in [5.74, 6) is 4.77. The first-order chi connectivity index (χ1) is 24.2. The zero-order valence-electron chi connectivity index (χ0n) is 31.8. The Morgan fingerprint density at radius 3 is 2.66 bits per heavy atom. The van der Waals surface area contributed by atoms with Crippen LogP contribution in [-0.2, 0) is 4.79 Å². The van der Waals surface area contributed by atoms with Gasteiger partial charge in [0.1, 0.15) is 18.2 Å². The number of para-hydroxylation sites is 1. The lowest BCUT2D eigenvalue weighted by atomic mass is 9.58. The minimum atomic E-state index is -0.221. The van der Waals surface area contributed by atoms with Crippen LogP contribution in [-0.4, -0.2) is 26.6 Å². The smallest absolute Gasteiger partial charge is 0.167 e. The first kappa shape index (κ1) is 38.2. The zero-order valence-corrected chi connectivity index (χ0v) is 31.8. The number of carbonyl (C=O) groups excluding carboxylic acids is 1. The van der Waals surface area contributed by atoms with Crippen molar-refractivity contribution in [2.24, 2.45) is 35.0 Å². The van der Waals surface area contributed by atoms with Crippen LogP contribution in [0.2, 0.25) is 0 Å². The van der Waals surface area contributed by atoms with Crippen LogP contribution < -0.4 is 14.2 Å². The fourth-order valence-corrected chi connectivity index (χ4v) is 10.1. The van der Waals surface area contributed by atoms with Crippen molar-refractivity contribution < 1.29 is 23.4 Å². The third-order valence-electron chi connectivity index (χ3n) is 12.7. The van der Waals surface area contributed by atoms with Gasteiger partial charge >= 0.3 is 0 Å². The van der Waals surface area contributed by atoms with E-state index in [4.69, 9.17) is 14.2 Å². The molecule has 0 spiro atoms. The van der Waals surface area contributed by atoms with Gasteiger partial charge in [-0.05, 0) is 135 Å². The van der Waals surface area contributed by atoms with E-state index in [0.717, 1.165) is 35.8 Å². The van der Waals surface area contributed by atoms with Crippen LogP contribution in [0, 0.1) is 40.8 Å². The van der Waals surface area contributed by atoms with Crippen LogP contribution in [0.25, 0.3) is 11.6 Å². The van der Waals surface area contributed by atoms with E-state index in [9.17, 15) is 9.18 Å². The second kappa shape index (κ2) is 17.9. The highest BCUT2D eigenvalue weighted by atomic mass is 19.1. The van der Waals surface area contributed by atoms with Gasteiger partial charge in [0.2, 0.25) is 0 Å². The maximum absolute atomic E-state index is 14.0. The summed E-state index contributed by atoms with van der Waals surface area (Å²) in [5.41, 5.74) is 5.14. The van der Waals surface area contributed by atoms with Crippen molar-refractivity contribution in [2.75, 3.05) is 20.8 Å². The number of hydrogen-bond acceptors (Lipinski definition) is 4. The Kier molecular flexibility index (Phi) is 13.7. The van der Waals surface area contributed by atoms with Crippen LogP contribution in [0.15, 0.2) is 48.0 Å². The number of halogens is 1. The summed E-state index contributed by atoms with van der Waals surface area (Å²) in [6.07, 6.45) is 22.5. The zero-order chi connectivity index (χ0) is 35.7. The molecule has 50 heavy (non-hydrogen) atoms. The van der Waals surface area contributed by atoms with Crippen LogP contribution in [0.5, 0.6) is 17.2 Å². The second-order valence-electron chi connectivity index (χ2n) is 16.0. The minimum Gasteiger partial charge on any atom is -0.493 e. The molecule has 0 radical (unpaired) electrons. The van der Waals surface area contributed by atoms with E-state index >= 15 is 0 Å². The van der Waals surface area contributed by atoms with Gasteiger partial charge in [-0.25, -0.2) is 4.39 Å². The van der Waals surface area contributed by atoms with Crippen molar-refractivity contribution in [3.63, 3.8) is 0 Å². The number of ketones is 1. The summed E-state index contributed by atoms with van der Waals surface area (Å²) in [5, 5.41) is 0. The van der Waals surface area contributed by atoms with Crippen molar-refractivity contribution in [3.8, 4) is 17.2 Å². The van der Waals surface area contributed by atoms with Crippen LogP contribution >= 0.6 is 0 Å². The molecule has 2 fully saturated rings. The first-order valence-corrected chi connectivity index (χ1v) is 19.7. The van der Waals surface area contributed by atoms with E-state index in [-0.39, 0.29) is 17.5 Å². The molecule has 0 bridgehead atoms. The highest BCUT2D eigenvalue weighted by Gasteiger charge is 2.42. The van der Waals surface area contributed by atoms with E-state index in [1.807, 2.05) is 30.3 Å². The number of allylic oxidation sites excluding steroid dienone is 2. The third-order valence-corrected chi connectivity index (χ3v) is 12.7. The Labute approximate surface area is 302 Å². The quantitative estimate of drug-likeness (QED) is 0.138. The van der Waals surface area contributed by atoms with Gasteiger partial charge in [0.25, 0.3) is 0 Å². The molecule has 2 saturated carbocycles. The van der Waals surface area contributed by atoms with E-state index < -0.39 is 0 Å². The molecule has 274 valence electrons. The number of benzene rings is 2. The van der Waals surface area contributed by atoms with Crippen molar-refractivity contribution in [2.45, 2.75) is 124 Å². The molecule has 2 aliphatic carbocycles. The molecule has 5 rings (SSSR count). The van der Waals surface area contributed by atoms with E-state index in [1.54, 1.807) is 32.4 Å². The normalized spacial score (nSPS) is 25.4. The third kappa shape index (κ3) is 9.04. The average Bonchev–Trinajstić information content (AvgIpc) is 3.37. The number of ether oxygens (including phenoxy) is 3. The Morgan fingerprint density at radius 2 is 1.88 bits per heavy atom. The summed E-state index contributed by atoms with van der Waals surface area (Å²) in [4.78, 5) is 13.2. The van der Waals surface area contributed by atoms with Gasteiger partial charge in [-0.15, -0.1) is 0 Å². The van der Waals surface area contributed by atoms with E-state index in [2.05, 4.69) is 27.7 Å². The fourth-order valence-electron chi connectivity index (χ4n) is 10.1. The van der Waals surface area contributed by atoms with Crippen molar-refractivity contribution in [1.82, 2.24) is 0 Å². The molecule has 6 unspecified atom stereocenters. The lowest BCUT2D eigenvalue weighted by Crippen LogP contribution is -2.37. The molecule has 6 atom stereocenters. The number of hydrogen-bond donors (Lipinski definition) is 0. The van der Waals surface area contributed by atoms with Gasteiger partial charge in [-0.1, -0.05) is 71.4 Å². The number of carbonyl (C=O) groups is 1. The Hall–Kier alpha value is -3.08. The second-order valence-corrected chi connectivity index (χ2v) is 16.0. The molecule has 4 nitrogen and oxygen atoms in total. The Bertz CT molecular complexity index is 1490. The standard InChI is InChI=1S/C45H63FO4/c1-7-26-45(29-32(3)34-14-11-15-35(21-20-34)43-33(4)30-50-42-28-38(46)23-24-39(42)43)27-9-8-17-37(45)18-10-13-31(2)40(47)25-22-36-16-12-19-41(48-5)44(36)49-6/h12,16,19,22-25,28,31-32,34-35,37H,7-11,13-15,17-18,20-21,26-27,29-30H2,1-6H3. The summed E-state index contributed by atoms with van der Waals surface area (Å²) in [6.45, 7) is 9.82. The maximum Gasteiger partial charge on any atom is 0.167 e. The predicted molar refractivity (Wildman–Crippen MR) is 204 cm³/mol. The topological polar surface area (TPSA) is 44.8 Å². The van der Waals surface area contributed by atoms with Crippen LogP contribution in [0.4, 0.5) is 4.39 Å². The predicted octanol–water partition coefficient (Wildman–Crippen LogP) is 12.3. The molecular weight excluding hydrogens is 623 g/mol. The highest BCUT2D eigenvalue weighted by molar-refractivity contribution is 5.95. The maximum atomic E-state index is 14.0. The number of methoxy groups -OCH3 is 2. The number of rotatable bonds is 15. The summed E-state index contributed by atoms with van der Waals surface area (Å²) >= 11 is 0. The molecule has 0 N–H and O–H groups in total. The van der Waals surface area contributed by atoms with Gasteiger partial charge in [-0.3, -0.25) is 4.79 Å². The van der Waals surface area contributed by atoms with Gasteiger partial charge < -0.3 is 14.2 Å². The molecule has 2 aromatic carbocycles. The first-order valence-electron chi connectivity index (χ1n) is 19.7. The van der Waals surface area contributed by atoms with E-state index in [1.165, 1.54) is 94.6 Å². The lowest BCUT2D eigenvalue weighted by molar-refractivity contribution is -0.117. The van der Waals surface area contributed by atoms with Crippen LogP contribution in [0.1, 0.15) is 135 Å². The summed E-state index contributed by atoms with van der Waals surface area (Å²) < 4.78 is 30.9. The molecule has 0 amide bonds. The fraction of sp³-hybridized carbons (Fsp3) is 0.622. The number of fused-ring (bicyclic) bond motifs is 1. The van der Waals surface area contributed by atoms with E-state index in [0.29, 0.717) is 41.1 Å². The SMILES string of the molecule is CCCC1(CC(C)C2CCCC(C3=C(C)COc4cc(F)ccc43)CC2)CCCCC1CCCC(C)C(=O)C=Cc1cccc(OC)c1OC.